The molecular weight excluding hydrogens is 420 g/mol. The average Bonchev–Trinajstić information content (AvgIpc) is 2.62. The largest absolute Gasteiger partial charge is 0.412 e. The van der Waals surface area contributed by atoms with Crippen molar-refractivity contribution in [1.29, 1.82) is 0 Å². The Morgan fingerprint density at radius 2 is 1.55 bits per heavy atom. The highest BCUT2D eigenvalue weighted by Gasteiger charge is 2.27. The number of hydrogen-bond acceptors (Lipinski definition) is 8. The number of aromatic amines is 1. The van der Waals surface area contributed by atoms with Gasteiger partial charge in [0.25, 0.3) is 5.56 Å². The predicted octanol–water partition coefficient (Wildman–Crippen LogP) is -5.02. The fourth-order valence-corrected chi connectivity index (χ4v) is 2.89. The summed E-state index contributed by atoms with van der Waals surface area (Å²) in [6, 6.07) is 3.53. The van der Waals surface area contributed by atoms with Gasteiger partial charge in [0.05, 0.1) is 24.2 Å². The van der Waals surface area contributed by atoms with E-state index >= 15 is 0 Å². The standard InChI is InChI=1S/C17H20N4O6.4H2O/c1-7-3-9-10(4-8(7)2)21(5-11(23)14(25)12(24)6-22)15-13(18-9)16(26)20-17(27)19-15;;;;/h3-4,11-12,14,22-25H,5-6H2,1-2H3,(H,20,26,27);4*1H2/t11-,12+,14-;;;;/m0..../s1. The molecule has 14 nitrogen and oxygen atoms in total. The third-order valence-corrected chi connectivity index (χ3v) is 4.57. The van der Waals surface area contributed by atoms with Crippen LogP contribution < -0.4 is 11.2 Å². The number of aliphatic hydroxyl groups is 4. The Morgan fingerprint density at radius 3 is 2.13 bits per heavy atom. The Balaban J connectivity index is 0. The lowest BCUT2D eigenvalue weighted by Gasteiger charge is -2.25. The summed E-state index contributed by atoms with van der Waals surface area (Å²) in [4.78, 5) is 34.0. The van der Waals surface area contributed by atoms with Gasteiger partial charge in [-0.05, 0) is 37.1 Å². The first kappa shape index (κ1) is 30.4. The zero-order valence-corrected chi connectivity index (χ0v) is 16.7. The number of H-pyrrole nitrogens is 1. The van der Waals surface area contributed by atoms with Gasteiger partial charge in [0, 0.05) is 0 Å². The number of nitrogens with one attached hydrogen (secondary N) is 1. The Bertz CT molecular complexity index is 1080. The summed E-state index contributed by atoms with van der Waals surface area (Å²) in [5, 5.41) is 38.8. The molecule has 0 unspecified atom stereocenters. The quantitative estimate of drug-likeness (QED) is 0.235. The van der Waals surface area contributed by atoms with Gasteiger partial charge >= 0.3 is 5.69 Å². The van der Waals surface area contributed by atoms with E-state index in [-0.39, 0.29) is 40.0 Å². The van der Waals surface area contributed by atoms with Crippen LogP contribution in [0.25, 0.3) is 22.6 Å². The van der Waals surface area contributed by atoms with E-state index in [0.717, 1.165) is 11.1 Å². The van der Waals surface area contributed by atoms with Crippen LogP contribution in [0.3, 0.4) is 0 Å². The molecule has 0 bridgehead atoms. The molecule has 0 radical (unpaired) electrons. The summed E-state index contributed by atoms with van der Waals surface area (Å²) in [5.41, 5.74) is 1.11. The topological polar surface area (TPSA) is 288 Å². The smallest absolute Gasteiger partial charge is 0.349 e. The molecule has 2 aliphatic heterocycles. The van der Waals surface area contributed by atoms with Crippen molar-refractivity contribution in [3.63, 3.8) is 0 Å². The van der Waals surface area contributed by atoms with Crippen LogP contribution in [-0.2, 0) is 6.54 Å². The summed E-state index contributed by atoms with van der Waals surface area (Å²) in [6.07, 6.45) is -4.68. The maximum Gasteiger partial charge on any atom is 0.349 e. The van der Waals surface area contributed by atoms with Crippen LogP contribution in [0.15, 0.2) is 21.7 Å². The molecule has 14 heteroatoms. The Morgan fingerprint density at radius 1 is 0.968 bits per heavy atom. The minimum Gasteiger partial charge on any atom is -0.412 e. The predicted molar refractivity (Wildman–Crippen MR) is 110 cm³/mol. The number of fused-ring (bicyclic) bond motifs is 2. The highest BCUT2D eigenvalue weighted by molar-refractivity contribution is 5.81. The van der Waals surface area contributed by atoms with Crippen molar-refractivity contribution in [2.45, 2.75) is 38.7 Å². The lowest BCUT2D eigenvalue weighted by atomic mass is 10.1. The number of aromatic nitrogens is 4. The molecule has 0 aromatic heterocycles. The first-order chi connectivity index (χ1) is 12.7. The average molecular weight is 448 g/mol. The number of hydrogen-bond donors (Lipinski definition) is 5. The maximum absolute atomic E-state index is 12.2. The van der Waals surface area contributed by atoms with Crippen molar-refractivity contribution in [2.75, 3.05) is 6.61 Å². The molecule has 31 heavy (non-hydrogen) atoms. The van der Waals surface area contributed by atoms with E-state index in [9.17, 15) is 24.9 Å². The van der Waals surface area contributed by atoms with Crippen LogP contribution >= 0.6 is 0 Å². The molecule has 1 aromatic rings. The molecular formula is C17H28N4O10. The number of rotatable bonds is 5. The minimum absolute atomic E-state index is 0. The molecule has 0 aliphatic carbocycles. The zero-order valence-electron chi connectivity index (χ0n) is 16.7. The van der Waals surface area contributed by atoms with E-state index in [1.165, 1.54) is 4.57 Å². The van der Waals surface area contributed by atoms with Gasteiger partial charge in [-0.15, -0.1) is 0 Å². The Kier molecular flexibility index (Phi) is 11.3. The third kappa shape index (κ3) is 5.66. The number of benzene rings is 1. The summed E-state index contributed by atoms with van der Waals surface area (Å²) in [7, 11) is 0. The SMILES string of the molecule is Cc1cc2nc3c(=O)[nH]c(=O)nc-3n(C[C@H](O)[C@H](O)[C@H](O)CO)c2cc1C.O.O.O.O. The van der Waals surface area contributed by atoms with E-state index in [1.807, 2.05) is 13.8 Å². The van der Waals surface area contributed by atoms with Crippen molar-refractivity contribution >= 4 is 11.0 Å². The second-order valence-electron chi connectivity index (χ2n) is 6.50. The molecule has 0 saturated heterocycles. The second kappa shape index (κ2) is 11.5. The van der Waals surface area contributed by atoms with Gasteiger partial charge < -0.3 is 46.9 Å². The van der Waals surface area contributed by atoms with E-state index < -0.39 is 36.2 Å². The van der Waals surface area contributed by atoms with Gasteiger partial charge in [-0.1, -0.05) is 0 Å². The summed E-state index contributed by atoms with van der Waals surface area (Å²) in [6.45, 7) is 2.73. The Labute approximate surface area is 174 Å². The van der Waals surface area contributed by atoms with Gasteiger partial charge in [0.15, 0.2) is 11.5 Å². The third-order valence-electron chi connectivity index (χ3n) is 4.57. The highest BCUT2D eigenvalue weighted by Crippen LogP contribution is 2.24. The Hall–Kier alpha value is -2.82. The monoisotopic (exact) mass is 448 g/mol. The van der Waals surface area contributed by atoms with Gasteiger partial charge in [0.2, 0.25) is 0 Å². The van der Waals surface area contributed by atoms with Crippen molar-refractivity contribution in [3.8, 4) is 11.5 Å². The van der Waals surface area contributed by atoms with Gasteiger partial charge in [0.1, 0.15) is 18.3 Å². The molecule has 2 heterocycles. The van der Waals surface area contributed by atoms with Gasteiger partial charge in [-0.3, -0.25) is 9.78 Å². The number of aliphatic hydroxyl groups excluding tert-OH is 4. The summed E-state index contributed by atoms with van der Waals surface area (Å²) >= 11 is 0. The van der Waals surface area contributed by atoms with Crippen molar-refractivity contribution in [2.24, 2.45) is 0 Å². The molecule has 1 aromatic carbocycles. The van der Waals surface area contributed by atoms with Crippen molar-refractivity contribution in [1.82, 2.24) is 19.5 Å². The minimum atomic E-state index is -1.64. The molecule has 0 amide bonds. The molecule has 0 spiro atoms. The fourth-order valence-electron chi connectivity index (χ4n) is 2.89. The van der Waals surface area contributed by atoms with E-state index in [0.29, 0.717) is 11.0 Å². The lowest BCUT2D eigenvalue weighted by Crippen LogP contribution is -2.42. The molecule has 0 fully saturated rings. The molecule has 3 atom stereocenters. The van der Waals surface area contributed by atoms with Crippen LogP contribution in [0.2, 0.25) is 0 Å². The van der Waals surface area contributed by atoms with E-state index in [1.54, 1.807) is 12.1 Å². The zero-order chi connectivity index (χ0) is 19.9. The molecule has 176 valence electrons. The first-order valence-corrected chi connectivity index (χ1v) is 8.29. The highest BCUT2D eigenvalue weighted by atomic mass is 16.4. The van der Waals surface area contributed by atoms with Crippen molar-refractivity contribution < 1.29 is 42.3 Å². The second-order valence-corrected chi connectivity index (χ2v) is 6.50. The van der Waals surface area contributed by atoms with Crippen molar-refractivity contribution in [3.05, 3.63) is 44.1 Å². The molecule has 2 aliphatic rings. The molecule has 13 N–H and O–H groups in total. The number of nitrogens with zero attached hydrogens (tertiary/aromatic N) is 3. The van der Waals surface area contributed by atoms with Crippen LogP contribution in [0.5, 0.6) is 0 Å². The lowest BCUT2D eigenvalue weighted by molar-refractivity contribution is -0.0802. The normalized spacial score (nSPS) is 13.2. The van der Waals surface area contributed by atoms with Gasteiger partial charge in [-0.2, -0.15) is 4.98 Å². The van der Waals surface area contributed by atoms with Crippen LogP contribution in [0.1, 0.15) is 11.1 Å². The fraction of sp³-hybridized carbons (Fsp3) is 0.412. The summed E-state index contributed by atoms with van der Waals surface area (Å²) in [5.74, 6) is -0.0516. The first-order valence-electron chi connectivity index (χ1n) is 8.29. The summed E-state index contributed by atoms with van der Waals surface area (Å²) < 4.78 is 1.40. The molecule has 3 rings (SSSR count). The van der Waals surface area contributed by atoms with Crippen LogP contribution in [-0.4, -0.2) is 86.8 Å². The number of aryl methyl sites for hydroxylation is 2. The van der Waals surface area contributed by atoms with Gasteiger partial charge in [-0.25, -0.2) is 9.78 Å². The maximum atomic E-state index is 12.2. The van der Waals surface area contributed by atoms with E-state index in [2.05, 4.69) is 15.0 Å². The van der Waals surface area contributed by atoms with E-state index in [4.69, 9.17) is 5.11 Å². The van der Waals surface area contributed by atoms with Crippen LogP contribution in [0, 0.1) is 13.8 Å². The van der Waals surface area contributed by atoms with Crippen LogP contribution in [0.4, 0.5) is 0 Å². The molecule has 0 saturated carbocycles.